The number of nitrogens with two attached hydrogens (primary N) is 1. The van der Waals surface area contributed by atoms with Crippen LogP contribution < -0.4 is 5.73 Å². The predicted molar refractivity (Wildman–Crippen MR) is 142 cm³/mol. The monoisotopic (exact) mass is 533 g/mol. The van der Waals surface area contributed by atoms with Gasteiger partial charge in [0.2, 0.25) is 5.78 Å². The van der Waals surface area contributed by atoms with Crippen LogP contribution in [-0.2, 0) is 27.3 Å². The Labute approximate surface area is 224 Å². The first-order valence-corrected chi connectivity index (χ1v) is 13.2. The molecule has 6 N–H and O–H groups in total. The third-order valence-electron chi connectivity index (χ3n) is 8.93. The van der Waals surface area contributed by atoms with Gasteiger partial charge in [-0.25, -0.2) is 0 Å². The molecular formula is C29H31N3O7. The Balaban J connectivity index is 1.42. The molecule has 1 saturated carbocycles. The number of aliphatic hydroxyl groups excluding tert-OH is 2. The number of aromatic hydroxyl groups is 1. The minimum atomic E-state index is -2.56. The van der Waals surface area contributed by atoms with Gasteiger partial charge in [0.05, 0.1) is 5.56 Å². The molecule has 0 radical (unpaired) electrons. The first-order chi connectivity index (χ1) is 18.5. The largest absolute Gasteiger partial charge is 0.508 e. The molecule has 0 spiro atoms. The molecule has 204 valence electrons. The van der Waals surface area contributed by atoms with E-state index in [-0.39, 0.29) is 29.7 Å². The van der Waals surface area contributed by atoms with E-state index in [2.05, 4.69) is 16.8 Å². The van der Waals surface area contributed by atoms with Crippen LogP contribution in [0, 0.1) is 11.8 Å². The highest BCUT2D eigenvalue weighted by Crippen LogP contribution is 2.52. The van der Waals surface area contributed by atoms with Gasteiger partial charge in [0.1, 0.15) is 22.8 Å². The number of primary amides is 1. The van der Waals surface area contributed by atoms with Gasteiger partial charge in [0.15, 0.2) is 11.4 Å². The molecule has 2 aromatic carbocycles. The van der Waals surface area contributed by atoms with E-state index >= 15 is 0 Å². The van der Waals surface area contributed by atoms with Crippen LogP contribution in [0.3, 0.4) is 0 Å². The van der Waals surface area contributed by atoms with Crippen LogP contribution in [0.15, 0.2) is 41.2 Å². The van der Waals surface area contributed by atoms with Gasteiger partial charge in [0.25, 0.3) is 5.91 Å². The Morgan fingerprint density at radius 1 is 1.08 bits per heavy atom. The van der Waals surface area contributed by atoms with Crippen LogP contribution in [0.2, 0.25) is 0 Å². The molecule has 3 atom stereocenters. The molecule has 10 heteroatoms. The normalized spacial score (nSPS) is 27.9. The van der Waals surface area contributed by atoms with Crippen LogP contribution in [-0.4, -0.2) is 86.5 Å². The predicted octanol–water partition coefficient (Wildman–Crippen LogP) is 1.32. The topological polar surface area (TPSA) is 165 Å². The number of rotatable bonds is 3. The molecular weight excluding hydrogens is 502 g/mol. The van der Waals surface area contributed by atoms with Crippen molar-refractivity contribution in [3.8, 4) is 5.75 Å². The van der Waals surface area contributed by atoms with E-state index in [1.54, 1.807) is 0 Å². The lowest BCUT2D eigenvalue weighted by Gasteiger charge is -2.46. The lowest BCUT2D eigenvalue weighted by atomic mass is 9.59. The smallest absolute Gasteiger partial charge is 0.255 e. The molecule has 1 amide bonds. The molecule has 0 aromatic heterocycles. The maximum Gasteiger partial charge on any atom is 0.255 e. The highest BCUT2D eigenvalue weighted by Gasteiger charge is 2.60. The van der Waals surface area contributed by atoms with E-state index in [0.717, 1.165) is 43.7 Å². The number of benzene rings is 2. The molecule has 4 aliphatic rings. The lowest BCUT2D eigenvalue weighted by molar-refractivity contribution is -0.147. The van der Waals surface area contributed by atoms with Crippen LogP contribution in [0.25, 0.3) is 16.5 Å². The number of piperazine rings is 1. The van der Waals surface area contributed by atoms with Crippen molar-refractivity contribution in [3.63, 3.8) is 0 Å². The number of phenolic OH excluding ortho intramolecular Hbond substituents is 1. The van der Waals surface area contributed by atoms with Crippen LogP contribution >= 0.6 is 0 Å². The maximum atomic E-state index is 13.7. The minimum Gasteiger partial charge on any atom is -0.508 e. The van der Waals surface area contributed by atoms with Gasteiger partial charge in [-0.3, -0.25) is 19.3 Å². The fourth-order valence-corrected chi connectivity index (χ4v) is 6.80. The van der Waals surface area contributed by atoms with Gasteiger partial charge in [-0.2, -0.15) is 0 Å². The summed E-state index contributed by atoms with van der Waals surface area (Å²) in [6.45, 7) is 4.56. The molecule has 0 bridgehead atoms. The first-order valence-electron chi connectivity index (χ1n) is 13.2. The van der Waals surface area contributed by atoms with Gasteiger partial charge in [-0.15, -0.1) is 0 Å². The van der Waals surface area contributed by atoms with Gasteiger partial charge in [-0.1, -0.05) is 18.2 Å². The Bertz CT molecular complexity index is 1520. The minimum absolute atomic E-state index is 0.117. The molecule has 6 rings (SSSR count). The Kier molecular flexibility index (Phi) is 5.83. The molecule has 39 heavy (non-hydrogen) atoms. The maximum absolute atomic E-state index is 13.7. The number of amides is 1. The second kappa shape index (κ2) is 8.90. The number of nitrogens with zero attached hydrogens (tertiary/aromatic N) is 2. The van der Waals surface area contributed by atoms with Gasteiger partial charge in [0, 0.05) is 56.0 Å². The average Bonchev–Trinajstić information content (AvgIpc) is 2.88. The molecule has 1 heterocycles. The number of aliphatic hydroxyl groups is 3. The van der Waals surface area contributed by atoms with E-state index in [1.807, 2.05) is 24.3 Å². The van der Waals surface area contributed by atoms with E-state index in [1.165, 1.54) is 0 Å². The Morgan fingerprint density at radius 3 is 2.49 bits per heavy atom. The Morgan fingerprint density at radius 2 is 1.79 bits per heavy atom. The van der Waals surface area contributed by atoms with E-state index in [0.29, 0.717) is 17.4 Å². The average molecular weight is 534 g/mol. The van der Waals surface area contributed by atoms with Crippen LogP contribution in [0.4, 0.5) is 0 Å². The summed E-state index contributed by atoms with van der Waals surface area (Å²) in [6.07, 6.45) is 0.0770. The van der Waals surface area contributed by atoms with Crippen molar-refractivity contribution >= 4 is 34.0 Å². The van der Waals surface area contributed by atoms with Crippen molar-refractivity contribution in [3.05, 3.63) is 57.9 Å². The molecule has 10 nitrogen and oxygen atoms in total. The summed E-state index contributed by atoms with van der Waals surface area (Å²) in [5.41, 5.74) is 3.54. The number of fused-ring (bicyclic) bond motifs is 4. The molecule has 2 fully saturated rings. The summed E-state index contributed by atoms with van der Waals surface area (Å²) in [4.78, 5) is 42.6. The highest BCUT2D eigenvalue weighted by molar-refractivity contribution is 6.22. The second-order valence-electron chi connectivity index (χ2n) is 11.3. The second-order valence-corrected chi connectivity index (χ2v) is 11.3. The SMILES string of the molecule is CN1CCN(Cc2ccc3cc4c(c(O)c3c2)C(O)=C2C(=O)[C@]3(O)C(O)=C(C(N)=O)C(=O)C[C@@H]3CC2C4)CC1. The molecule has 2 aromatic rings. The number of phenols is 1. The summed E-state index contributed by atoms with van der Waals surface area (Å²) in [5.74, 6) is -6.17. The first kappa shape index (κ1) is 25.5. The number of Topliss-reactive ketones (excluding diaryl/α,β-unsaturated/α-hetero) is 2. The van der Waals surface area contributed by atoms with E-state index < -0.39 is 52.0 Å². The lowest BCUT2D eigenvalue weighted by Crippen LogP contribution is -2.58. The van der Waals surface area contributed by atoms with Crippen LogP contribution in [0.5, 0.6) is 5.75 Å². The van der Waals surface area contributed by atoms with Crippen molar-refractivity contribution < 1.29 is 34.8 Å². The van der Waals surface area contributed by atoms with E-state index in [9.17, 15) is 34.8 Å². The summed E-state index contributed by atoms with van der Waals surface area (Å²) < 4.78 is 0. The fraction of sp³-hybridized carbons (Fsp3) is 0.414. The standard InChI is InChI=1S/C29H31N3O7/c1-31-4-6-32(7-5-31)13-14-2-3-15-9-16-10-17-11-18-12-20(33)23(28(30)38)27(37)29(18,39)26(36)22(17)25(35)21(16)24(34)19(15)8-14/h2-3,8-9,17-18,34-35,37,39H,4-7,10-13H2,1H3,(H2,30,38)/t17?,18-,29-/m0/s1. The fourth-order valence-electron chi connectivity index (χ4n) is 6.80. The molecule has 1 saturated heterocycles. The van der Waals surface area contributed by atoms with Gasteiger partial charge in [-0.05, 0) is 48.4 Å². The Hall–Kier alpha value is -3.73. The third kappa shape index (κ3) is 3.77. The molecule has 3 aliphatic carbocycles. The van der Waals surface area contributed by atoms with Crippen molar-refractivity contribution in [2.45, 2.75) is 31.4 Å². The highest BCUT2D eigenvalue weighted by atomic mass is 16.3. The number of carbonyl (C=O) groups is 3. The number of hydrogen-bond acceptors (Lipinski definition) is 9. The summed E-state index contributed by atoms with van der Waals surface area (Å²) >= 11 is 0. The number of hydrogen-bond donors (Lipinski definition) is 5. The van der Waals surface area contributed by atoms with Gasteiger partial charge >= 0.3 is 0 Å². The summed E-state index contributed by atoms with van der Waals surface area (Å²) in [5, 5.41) is 46.1. The zero-order chi connectivity index (χ0) is 27.8. The van der Waals surface area contributed by atoms with E-state index in [4.69, 9.17) is 5.73 Å². The van der Waals surface area contributed by atoms with Gasteiger partial charge < -0.3 is 31.1 Å². The zero-order valence-corrected chi connectivity index (χ0v) is 21.6. The quantitative estimate of drug-likeness (QED) is 0.366. The van der Waals surface area contributed by atoms with Crippen molar-refractivity contribution in [1.82, 2.24) is 9.80 Å². The molecule has 1 aliphatic heterocycles. The number of likely N-dealkylation sites (N-methyl/N-ethyl adjacent to an activating group) is 1. The van der Waals surface area contributed by atoms with Crippen molar-refractivity contribution in [1.29, 1.82) is 0 Å². The molecule has 1 unspecified atom stereocenters. The number of ketones is 2. The van der Waals surface area contributed by atoms with Crippen molar-refractivity contribution in [2.75, 3.05) is 33.2 Å². The summed E-state index contributed by atoms with van der Waals surface area (Å²) in [6, 6.07) is 7.74. The zero-order valence-electron chi connectivity index (χ0n) is 21.6. The van der Waals surface area contributed by atoms with Crippen LogP contribution in [0.1, 0.15) is 29.5 Å². The number of carbonyl (C=O) groups excluding carboxylic acids is 3. The third-order valence-corrected chi connectivity index (χ3v) is 8.93. The summed E-state index contributed by atoms with van der Waals surface area (Å²) in [7, 11) is 2.10. The van der Waals surface area contributed by atoms with Crippen molar-refractivity contribution in [2.24, 2.45) is 17.6 Å².